The Bertz CT molecular complexity index is 489. The van der Waals surface area contributed by atoms with Gasteiger partial charge in [-0.25, -0.2) is 4.79 Å². The monoisotopic (exact) mass is 279 g/mol. The van der Waals surface area contributed by atoms with Crippen LogP contribution in [0, 0.1) is 6.92 Å². The Morgan fingerprint density at radius 1 is 1.40 bits per heavy atom. The molecule has 1 unspecified atom stereocenters. The average molecular weight is 279 g/mol. The van der Waals surface area contributed by atoms with Crippen molar-refractivity contribution in [3.63, 3.8) is 0 Å². The molecule has 0 aliphatic carbocycles. The van der Waals surface area contributed by atoms with E-state index in [1.54, 1.807) is 6.92 Å². The summed E-state index contributed by atoms with van der Waals surface area (Å²) in [7, 11) is 0. The number of hydrogen-bond acceptors (Lipinski definition) is 4. The van der Waals surface area contributed by atoms with Crippen LogP contribution in [-0.4, -0.2) is 24.6 Å². The molecule has 110 valence electrons. The summed E-state index contributed by atoms with van der Waals surface area (Å²) < 4.78 is 5.60. The number of carbonyl (C=O) groups is 2. The molecule has 0 aromatic heterocycles. The van der Waals surface area contributed by atoms with Gasteiger partial charge < -0.3 is 15.8 Å². The van der Waals surface area contributed by atoms with E-state index < -0.39 is 18.0 Å². The normalized spacial score (nSPS) is 11.8. The van der Waals surface area contributed by atoms with E-state index in [2.05, 4.69) is 5.32 Å². The zero-order chi connectivity index (χ0) is 15.1. The molecule has 0 fully saturated rings. The molecule has 0 aliphatic heterocycles. The summed E-state index contributed by atoms with van der Waals surface area (Å²) in [4.78, 5) is 22.2. The average Bonchev–Trinajstić information content (AvgIpc) is 2.38. The van der Waals surface area contributed by atoms with E-state index in [4.69, 9.17) is 10.5 Å². The van der Waals surface area contributed by atoms with Gasteiger partial charge in [0.25, 0.3) is 5.91 Å². The van der Waals surface area contributed by atoms with E-state index in [0.29, 0.717) is 12.3 Å². The second kappa shape index (κ2) is 7.49. The molecule has 0 radical (unpaired) electrons. The predicted molar refractivity (Wildman–Crippen MR) is 76.4 cm³/mol. The molecule has 0 saturated carbocycles. The number of nitrogens with two attached hydrogens (primary N) is 1. The van der Waals surface area contributed by atoms with Crippen molar-refractivity contribution in [1.82, 2.24) is 10.6 Å². The maximum absolute atomic E-state index is 11.6. The number of rotatable bonds is 6. The maximum Gasteiger partial charge on any atom is 0.318 e. The molecule has 1 aromatic carbocycles. The van der Waals surface area contributed by atoms with Gasteiger partial charge in [-0.15, -0.1) is 0 Å². The van der Waals surface area contributed by atoms with Crippen molar-refractivity contribution in [2.45, 2.75) is 33.4 Å². The summed E-state index contributed by atoms with van der Waals surface area (Å²) in [5, 5.41) is 5.21. The summed E-state index contributed by atoms with van der Waals surface area (Å²) in [5.41, 5.74) is 6.98. The number of urea groups is 1. The lowest BCUT2D eigenvalue weighted by Crippen LogP contribution is -2.42. The number of amides is 3. The third-order valence-corrected chi connectivity index (χ3v) is 2.70. The molecule has 6 heteroatoms. The summed E-state index contributed by atoms with van der Waals surface area (Å²) in [6, 6.07) is 4.83. The lowest BCUT2D eigenvalue weighted by molar-refractivity contribution is -0.126. The first kappa shape index (κ1) is 16.0. The molecule has 0 aliphatic rings. The van der Waals surface area contributed by atoms with Gasteiger partial charge in [-0.05, 0) is 26.5 Å². The summed E-state index contributed by atoms with van der Waals surface area (Å²) >= 11 is 0. The van der Waals surface area contributed by atoms with Gasteiger partial charge in [0.1, 0.15) is 5.75 Å². The highest BCUT2D eigenvalue weighted by atomic mass is 16.5. The molecular formula is C14H21N3O3. The Labute approximate surface area is 118 Å². The zero-order valence-corrected chi connectivity index (χ0v) is 12.0. The molecule has 0 bridgehead atoms. The highest BCUT2D eigenvalue weighted by Gasteiger charge is 2.17. The molecule has 0 heterocycles. The van der Waals surface area contributed by atoms with E-state index in [1.807, 2.05) is 37.4 Å². The molecule has 3 amide bonds. The van der Waals surface area contributed by atoms with Crippen molar-refractivity contribution >= 4 is 11.9 Å². The fraction of sp³-hybridized carbons (Fsp3) is 0.429. The molecule has 1 rings (SSSR count). The number of carbonyl (C=O) groups excluding carboxylic acids is 2. The molecule has 0 saturated heterocycles. The van der Waals surface area contributed by atoms with Gasteiger partial charge in [0.15, 0.2) is 6.10 Å². The number of benzene rings is 1. The van der Waals surface area contributed by atoms with E-state index in [-0.39, 0.29) is 0 Å². The van der Waals surface area contributed by atoms with Crippen LogP contribution in [0.2, 0.25) is 0 Å². The predicted octanol–water partition coefficient (Wildman–Crippen LogP) is 1.07. The van der Waals surface area contributed by atoms with Gasteiger partial charge in [-0.1, -0.05) is 24.6 Å². The van der Waals surface area contributed by atoms with Crippen LogP contribution in [0.4, 0.5) is 4.79 Å². The Balaban J connectivity index is 2.79. The number of ether oxygens (including phenoxy) is 1. The van der Waals surface area contributed by atoms with Crippen molar-refractivity contribution in [3.8, 4) is 5.75 Å². The van der Waals surface area contributed by atoms with Crippen LogP contribution in [0.15, 0.2) is 18.2 Å². The zero-order valence-electron chi connectivity index (χ0n) is 12.0. The largest absolute Gasteiger partial charge is 0.481 e. The molecule has 20 heavy (non-hydrogen) atoms. The number of imide groups is 1. The van der Waals surface area contributed by atoms with E-state index in [0.717, 1.165) is 17.7 Å². The molecular weight excluding hydrogens is 258 g/mol. The standard InChI is InChI=1S/C14H21N3O3/c1-4-16-8-11-7-9(2)5-6-12(11)20-10(3)13(18)17-14(15)19/h5-7,10,16H,4,8H2,1-3H3,(H3,15,17,18,19). The van der Waals surface area contributed by atoms with Crippen molar-refractivity contribution in [3.05, 3.63) is 29.3 Å². The first-order chi connectivity index (χ1) is 9.43. The van der Waals surface area contributed by atoms with Gasteiger partial charge in [0.2, 0.25) is 0 Å². The van der Waals surface area contributed by atoms with Crippen LogP contribution >= 0.6 is 0 Å². The van der Waals surface area contributed by atoms with Crippen LogP contribution in [0.5, 0.6) is 5.75 Å². The van der Waals surface area contributed by atoms with Gasteiger partial charge in [0, 0.05) is 12.1 Å². The Morgan fingerprint density at radius 2 is 2.10 bits per heavy atom. The first-order valence-corrected chi connectivity index (χ1v) is 6.51. The lowest BCUT2D eigenvalue weighted by Gasteiger charge is -2.17. The molecule has 6 nitrogen and oxygen atoms in total. The Morgan fingerprint density at radius 3 is 2.70 bits per heavy atom. The minimum absolute atomic E-state index is 0.563. The fourth-order valence-electron chi connectivity index (χ4n) is 1.69. The van der Waals surface area contributed by atoms with Gasteiger partial charge in [0.05, 0.1) is 0 Å². The van der Waals surface area contributed by atoms with Crippen molar-refractivity contribution < 1.29 is 14.3 Å². The van der Waals surface area contributed by atoms with Crippen LogP contribution in [0.3, 0.4) is 0 Å². The highest BCUT2D eigenvalue weighted by molar-refractivity contribution is 5.95. The van der Waals surface area contributed by atoms with Crippen LogP contribution in [-0.2, 0) is 11.3 Å². The smallest absolute Gasteiger partial charge is 0.318 e. The quantitative estimate of drug-likeness (QED) is 0.726. The first-order valence-electron chi connectivity index (χ1n) is 6.51. The number of hydrogen-bond donors (Lipinski definition) is 3. The minimum Gasteiger partial charge on any atom is -0.481 e. The SMILES string of the molecule is CCNCc1cc(C)ccc1OC(C)C(=O)NC(N)=O. The van der Waals surface area contributed by atoms with E-state index >= 15 is 0 Å². The molecule has 4 N–H and O–H groups in total. The summed E-state index contributed by atoms with van der Waals surface area (Å²) in [6.07, 6.45) is -0.800. The van der Waals surface area contributed by atoms with Crippen molar-refractivity contribution in [1.29, 1.82) is 0 Å². The Kier molecular flexibility index (Phi) is 5.99. The Hall–Kier alpha value is -2.08. The van der Waals surface area contributed by atoms with Gasteiger partial charge in [-0.3, -0.25) is 10.1 Å². The second-order valence-electron chi connectivity index (χ2n) is 4.51. The third kappa shape index (κ3) is 4.89. The van der Waals surface area contributed by atoms with Crippen molar-refractivity contribution in [2.75, 3.05) is 6.54 Å². The van der Waals surface area contributed by atoms with E-state index in [1.165, 1.54) is 0 Å². The fourth-order valence-corrected chi connectivity index (χ4v) is 1.69. The second-order valence-corrected chi connectivity index (χ2v) is 4.51. The van der Waals surface area contributed by atoms with Gasteiger partial charge in [-0.2, -0.15) is 0 Å². The van der Waals surface area contributed by atoms with Crippen LogP contribution < -0.4 is 21.1 Å². The lowest BCUT2D eigenvalue weighted by atomic mass is 10.1. The highest BCUT2D eigenvalue weighted by Crippen LogP contribution is 2.21. The van der Waals surface area contributed by atoms with Crippen LogP contribution in [0.1, 0.15) is 25.0 Å². The molecule has 1 aromatic rings. The van der Waals surface area contributed by atoms with E-state index in [9.17, 15) is 9.59 Å². The third-order valence-electron chi connectivity index (χ3n) is 2.70. The molecule has 1 atom stereocenters. The number of primary amides is 1. The maximum atomic E-state index is 11.6. The minimum atomic E-state index is -0.887. The summed E-state index contributed by atoms with van der Waals surface area (Å²) in [6.45, 7) is 7.06. The van der Waals surface area contributed by atoms with Crippen molar-refractivity contribution in [2.24, 2.45) is 5.73 Å². The number of aryl methyl sites for hydroxylation is 1. The molecule has 0 spiro atoms. The van der Waals surface area contributed by atoms with Gasteiger partial charge >= 0.3 is 6.03 Å². The summed E-state index contributed by atoms with van der Waals surface area (Å²) in [5.74, 6) is 0.0520. The number of nitrogens with one attached hydrogen (secondary N) is 2. The topological polar surface area (TPSA) is 93.4 Å². The van der Waals surface area contributed by atoms with Crippen LogP contribution in [0.25, 0.3) is 0 Å².